The summed E-state index contributed by atoms with van der Waals surface area (Å²) in [6.07, 6.45) is 1.56. The zero-order chi connectivity index (χ0) is 8.81. The molecule has 1 rings (SSSR count). The van der Waals surface area contributed by atoms with E-state index in [1.54, 1.807) is 0 Å². The Kier molecular flexibility index (Phi) is 4.06. The predicted molar refractivity (Wildman–Crippen MR) is 48.4 cm³/mol. The highest BCUT2D eigenvalue weighted by atomic mass is 15.2. The molecule has 1 atom stereocenters. The van der Waals surface area contributed by atoms with E-state index in [4.69, 9.17) is 5.26 Å². The van der Waals surface area contributed by atoms with Crippen LogP contribution in [-0.2, 0) is 0 Å². The zero-order valence-corrected chi connectivity index (χ0v) is 7.42. The fourth-order valence-electron chi connectivity index (χ4n) is 1.61. The Morgan fingerprint density at radius 3 is 3.17 bits per heavy atom. The third-order valence-electron chi connectivity index (χ3n) is 2.24. The van der Waals surface area contributed by atoms with E-state index in [-0.39, 0.29) is 0 Å². The van der Waals surface area contributed by atoms with E-state index in [1.165, 1.54) is 0 Å². The maximum absolute atomic E-state index is 8.58. The van der Waals surface area contributed by atoms with Crippen LogP contribution in [0.25, 0.3) is 0 Å². The maximum Gasteiger partial charge on any atom is 0.0638 e. The highest BCUT2D eigenvalue weighted by Crippen LogP contribution is 2.06. The summed E-state index contributed by atoms with van der Waals surface area (Å²) in [5.74, 6) is 0. The molecule has 0 spiro atoms. The van der Waals surface area contributed by atoms with E-state index in [9.17, 15) is 0 Å². The number of piperazine rings is 1. The third kappa shape index (κ3) is 2.47. The van der Waals surface area contributed by atoms with Gasteiger partial charge in [-0.05, 0) is 13.0 Å². The molecule has 1 radical (unpaired) electrons. The number of nitrogens with zero attached hydrogens (tertiary/aromatic N) is 2. The summed E-state index contributed by atoms with van der Waals surface area (Å²) in [7, 11) is 0. The van der Waals surface area contributed by atoms with Gasteiger partial charge in [0.05, 0.1) is 12.5 Å². The monoisotopic (exact) mass is 166 g/mol. The molecule has 0 bridgehead atoms. The molecule has 1 saturated heterocycles. The van der Waals surface area contributed by atoms with Gasteiger partial charge in [-0.15, -0.1) is 0 Å². The van der Waals surface area contributed by atoms with Gasteiger partial charge in [-0.3, -0.25) is 4.90 Å². The average molecular weight is 166 g/mol. The minimum atomic E-state index is 0.408. The van der Waals surface area contributed by atoms with Crippen molar-refractivity contribution in [3.63, 3.8) is 0 Å². The van der Waals surface area contributed by atoms with Gasteiger partial charge in [0.15, 0.2) is 0 Å². The largest absolute Gasteiger partial charge is 0.314 e. The van der Waals surface area contributed by atoms with E-state index >= 15 is 0 Å². The molecular formula is C9H16N3. The van der Waals surface area contributed by atoms with Gasteiger partial charge in [-0.25, -0.2) is 0 Å². The second kappa shape index (κ2) is 5.13. The zero-order valence-electron chi connectivity index (χ0n) is 7.42. The van der Waals surface area contributed by atoms with Crippen LogP contribution in [0.4, 0.5) is 0 Å². The molecule has 1 heterocycles. The predicted octanol–water partition coefficient (Wildman–Crippen LogP) is 0.398. The Morgan fingerprint density at radius 2 is 2.50 bits per heavy atom. The molecule has 12 heavy (non-hydrogen) atoms. The molecule has 0 saturated carbocycles. The van der Waals surface area contributed by atoms with Gasteiger partial charge in [0.25, 0.3) is 0 Å². The fraction of sp³-hybridized carbons (Fsp3) is 0.778. The lowest BCUT2D eigenvalue weighted by atomic mass is 10.1. The first-order valence-corrected chi connectivity index (χ1v) is 4.49. The number of rotatable bonds is 3. The van der Waals surface area contributed by atoms with Crippen LogP contribution < -0.4 is 5.32 Å². The molecule has 1 aliphatic heterocycles. The minimum Gasteiger partial charge on any atom is -0.314 e. The van der Waals surface area contributed by atoms with E-state index in [0.29, 0.717) is 12.5 Å². The molecule has 1 fully saturated rings. The second-order valence-electron chi connectivity index (χ2n) is 3.11. The van der Waals surface area contributed by atoms with Gasteiger partial charge >= 0.3 is 0 Å². The smallest absolute Gasteiger partial charge is 0.0638 e. The standard InChI is InChI=1S/C9H16N3/c1-2-6-12-7-5-11-8-9(12)3-4-10/h9,11H,1-3,5-8H2. The average Bonchev–Trinajstić information content (AvgIpc) is 2.09. The van der Waals surface area contributed by atoms with Crippen LogP contribution in [0.1, 0.15) is 12.8 Å². The van der Waals surface area contributed by atoms with Crippen LogP contribution in [0.15, 0.2) is 0 Å². The Labute approximate surface area is 74.4 Å². The molecule has 1 N–H and O–H groups in total. The van der Waals surface area contributed by atoms with Crippen molar-refractivity contribution in [3.05, 3.63) is 6.92 Å². The summed E-state index contributed by atoms with van der Waals surface area (Å²) in [6.45, 7) is 7.90. The minimum absolute atomic E-state index is 0.408. The third-order valence-corrected chi connectivity index (χ3v) is 2.24. The molecular weight excluding hydrogens is 150 g/mol. The fourth-order valence-corrected chi connectivity index (χ4v) is 1.61. The molecule has 0 aromatic carbocycles. The van der Waals surface area contributed by atoms with E-state index in [1.807, 2.05) is 0 Å². The summed E-state index contributed by atoms with van der Waals surface area (Å²) >= 11 is 0. The summed E-state index contributed by atoms with van der Waals surface area (Å²) < 4.78 is 0. The van der Waals surface area contributed by atoms with Crippen LogP contribution >= 0.6 is 0 Å². The molecule has 0 aliphatic carbocycles. The van der Waals surface area contributed by atoms with Crippen LogP contribution in [0.5, 0.6) is 0 Å². The Morgan fingerprint density at radius 1 is 1.67 bits per heavy atom. The Balaban J connectivity index is 2.38. The van der Waals surface area contributed by atoms with Crippen molar-refractivity contribution in [2.75, 3.05) is 26.2 Å². The molecule has 1 unspecified atom stereocenters. The van der Waals surface area contributed by atoms with Crippen LogP contribution in [0.2, 0.25) is 0 Å². The maximum atomic E-state index is 8.58. The molecule has 3 nitrogen and oxygen atoms in total. The van der Waals surface area contributed by atoms with Crippen molar-refractivity contribution >= 4 is 0 Å². The molecule has 0 aromatic heterocycles. The van der Waals surface area contributed by atoms with Crippen molar-refractivity contribution in [2.45, 2.75) is 18.9 Å². The molecule has 3 heteroatoms. The lowest BCUT2D eigenvalue weighted by molar-refractivity contribution is 0.166. The van der Waals surface area contributed by atoms with Crippen LogP contribution in [-0.4, -0.2) is 37.1 Å². The summed E-state index contributed by atoms with van der Waals surface area (Å²) in [4.78, 5) is 2.35. The molecule has 67 valence electrons. The number of hydrogen-bond donors (Lipinski definition) is 1. The van der Waals surface area contributed by atoms with Crippen molar-refractivity contribution in [1.82, 2.24) is 10.2 Å². The summed E-state index contributed by atoms with van der Waals surface area (Å²) in [5.41, 5.74) is 0. The van der Waals surface area contributed by atoms with Crippen LogP contribution in [0.3, 0.4) is 0 Å². The first-order valence-electron chi connectivity index (χ1n) is 4.49. The number of nitrogens with one attached hydrogen (secondary N) is 1. The van der Waals surface area contributed by atoms with E-state index < -0.39 is 0 Å². The molecule has 0 aromatic rings. The summed E-state index contributed by atoms with van der Waals surface area (Å²) in [6, 6.07) is 2.63. The topological polar surface area (TPSA) is 39.1 Å². The lowest BCUT2D eigenvalue weighted by Crippen LogP contribution is -2.51. The quantitative estimate of drug-likeness (QED) is 0.659. The van der Waals surface area contributed by atoms with Crippen molar-refractivity contribution in [2.24, 2.45) is 0 Å². The number of hydrogen-bond acceptors (Lipinski definition) is 3. The first kappa shape index (κ1) is 9.50. The van der Waals surface area contributed by atoms with Gasteiger partial charge in [0, 0.05) is 25.7 Å². The Bertz CT molecular complexity index is 160. The second-order valence-corrected chi connectivity index (χ2v) is 3.11. The summed E-state index contributed by atoms with van der Waals surface area (Å²) in [5, 5.41) is 11.9. The molecule has 0 amide bonds. The van der Waals surface area contributed by atoms with Gasteiger partial charge in [-0.1, -0.05) is 6.92 Å². The highest BCUT2D eigenvalue weighted by Gasteiger charge is 2.20. The first-order chi connectivity index (χ1) is 5.88. The van der Waals surface area contributed by atoms with Crippen molar-refractivity contribution in [1.29, 1.82) is 5.26 Å². The lowest BCUT2D eigenvalue weighted by Gasteiger charge is -2.34. The van der Waals surface area contributed by atoms with E-state index in [2.05, 4.69) is 23.2 Å². The van der Waals surface area contributed by atoms with Gasteiger partial charge in [-0.2, -0.15) is 5.26 Å². The van der Waals surface area contributed by atoms with Gasteiger partial charge in [0.1, 0.15) is 0 Å². The van der Waals surface area contributed by atoms with E-state index in [0.717, 1.165) is 32.6 Å². The van der Waals surface area contributed by atoms with Gasteiger partial charge in [0.2, 0.25) is 0 Å². The van der Waals surface area contributed by atoms with Crippen LogP contribution in [0, 0.1) is 18.3 Å². The molecule has 1 aliphatic rings. The van der Waals surface area contributed by atoms with Crippen molar-refractivity contribution in [3.8, 4) is 6.07 Å². The SMILES string of the molecule is [CH2]CCN1CCNCC1CC#N. The highest BCUT2D eigenvalue weighted by molar-refractivity contribution is 4.87. The van der Waals surface area contributed by atoms with Crippen molar-refractivity contribution < 1.29 is 0 Å². The number of nitriles is 1. The normalized spacial score (nSPS) is 25.2. The van der Waals surface area contributed by atoms with Gasteiger partial charge < -0.3 is 5.32 Å². The Hall–Kier alpha value is -0.590.